The molecule has 6 nitrogen and oxygen atoms in total. The topological polar surface area (TPSA) is 87.7 Å². The van der Waals surface area contributed by atoms with Gasteiger partial charge < -0.3 is 20.5 Å². The molecule has 0 bridgehead atoms. The van der Waals surface area contributed by atoms with Gasteiger partial charge in [0.05, 0.1) is 12.7 Å². The van der Waals surface area contributed by atoms with Crippen LogP contribution in [0.5, 0.6) is 0 Å². The SMILES string of the molecule is COCCC(=O)N[C@H]1CC[C@@]2(C)CC[C@@H]([C@H](C)C(=O)NCc3cc(F)cc(F)c3)[C@H](O)[C@H]2[C@H]1C. The van der Waals surface area contributed by atoms with E-state index in [-0.39, 0.29) is 47.6 Å². The quantitative estimate of drug-likeness (QED) is 0.531. The minimum Gasteiger partial charge on any atom is -0.392 e. The number of nitrogens with one attached hydrogen (secondary N) is 2. The van der Waals surface area contributed by atoms with Crippen molar-refractivity contribution in [2.45, 2.75) is 71.6 Å². The molecule has 2 aliphatic rings. The van der Waals surface area contributed by atoms with Crippen molar-refractivity contribution < 1.29 is 28.2 Å². The molecule has 0 radical (unpaired) electrons. The molecular weight excluding hydrogens is 442 g/mol. The summed E-state index contributed by atoms with van der Waals surface area (Å²) in [5, 5.41) is 17.3. The molecule has 1 aromatic rings. The lowest BCUT2D eigenvalue weighted by Gasteiger charge is -2.56. The predicted molar refractivity (Wildman–Crippen MR) is 125 cm³/mol. The van der Waals surface area contributed by atoms with Crippen LogP contribution < -0.4 is 10.6 Å². The summed E-state index contributed by atoms with van der Waals surface area (Å²) in [7, 11) is 1.56. The first kappa shape index (κ1) is 26.5. The number of rotatable bonds is 8. The van der Waals surface area contributed by atoms with Crippen LogP contribution in [0.3, 0.4) is 0 Å². The first-order valence-electron chi connectivity index (χ1n) is 12.2. The molecule has 3 rings (SSSR count). The van der Waals surface area contributed by atoms with Gasteiger partial charge >= 0.3 is 0 Å². The number of halogens is 2. The van der Waals surface area contributed by atoms with Gasteiger partial charge in [0.2, 0.25) is 11.8 Å². The van der Waals surface area contributed by atoms with E-state index in [0.717, 1.165) is 31.7 Å². The van der Waals surface area contributed by atoms with Crippen molar-refractivity contribution in [2.24, 2.45) is 29.1 Å². The zero-order valence-corrected chi connectivity index (χ0v) is 20.6. The van der Waals surface area contributed by atoms with E-state index in [0.29, 0.717) is 18.6 Å². The van der Waals surface area contributed by atoms with Crippen molar-refractivity contribution >= 4 is 11.8 Å². The number of aliphatic hydroxyl groups is 1. The van der Waals surface area contributed by atoms with Crippen molar-refractivity contribution in [3.63, 3.8) is 0 Å². The van der Waals surface area contributed by atoms with Gasteiger partial charge in [-0.1, -0.05) is 20.8 Å². The average Bonchev–Trinajstić information content (AvgIpc) is 2.77. The number of aliphatic hydroxyl groups excluding tert-OH is 1. The molecule has 1 aromatic carbocycles. The van der Waals surface area contributed by atoms with E-state index in [2.05, 4.69) is 24.5 Å². The summed E-state index contributed by atoms with van der Waals surface area (Å²) in [6, 6.07) is 3.16. The van der Waals surface area contributed by atoms with Crippen molar-refractivity contribution in [1.82, 2.24) is 10.6 Å². The van der Waals surface area contributed by atoms with Crippen LogP contribution in [0.2, 0.25) is 0 Å². The van der Waals surface area contributed by atoms with E-state index in [1.165, 1.54) is 12.1 Å². The van der Waals surface area contributed by atoms with E-state index >= 15 is 0 Å². The van der Waals surface area contributed by atoms with Gasteiger partial charge in [-0.25, -0.2) is 8.78 Å². The molecule has 8 heteroatoms. The standard InChI is InChI=1S/C26H38F2N2O4/c1-15(25(33)29-14-17-11-18(27)13-19(28)12-17)20-5-8-26(3)9-6-21(16(2)23(26)24(20)32)30-22(31)7-10-34-4/h11-13,15-16,20-21,23-24,32H,5-10,14H2,1-4H3,(H,29,33)(H,30,31)/t15-,16-,20-,21-,23+,24-,26+/m0/s1. The zero-order valence-electron chi connectivity index (χ0n) is 20.6. The van der Waals surface area contributed by atoms with E-state index in [1.807, 2.05) is 0 Å². The van der Waals surface area contributed by atoms with Crippen LogP contribution in [0.1, 0.15) is 58.4 Å². The molecule has 7 atom stereocenters. The van der Waals surface area contributed by atoms with Crippen LogP contribution in [0.15, 0.2) is 18.2 Å². The van der Waals surface area contributed by atoms with Crippen molar-refractivity contribution in [1.29, 1.82) is 0 Å². The number of carbonyl (C=O) groups excluding carboxylic acids is 2. The monoisotopic (exact) mass is 480 g/mol. The fourth-order valence-electron chi connectivity index (χ4n) is 6.23. The maximum atomic E-state index is 13.4. The Hall–Kier alpha value is -2.06. The lowest BCUT2D eigenvalue weighted by atomic mass is 9.51. The molecule has 0 aliphatic heterocycles. The van der Waals surface area contributed by atoms with Crippen LogP contribution in [0, 0.1) is 40.7 Å². The van der Waals surface area contributed by atoms with Crippen LogP contribution in [0.4, 0.5) is 8.78 Å². The molecule has 0 saturated heterocycles. The molecule has 190 valence electrons. The smallest absolute Gasteiger partial charge is 0.223 e. The molecule has 2 amide bonds. The third-order valence-corrected chi connectivity index (χ3v) is 8.21. The molecule has 0 spiro atoms. The summed E-state index contributed by atoms with van der Waals surface area (Å²) in [6.07, 6.45) is 3.03. The fraction of sp³-hybridized carbons (Fsp3) is 0.692. The minimum absolute atomic E-state index is 0.0216. The summed E-state index contributed by atoms with van der Waals surface area (Å²) in [6.45, 7) is 6.48. The van der Waals surface area contributed by atoms with Gasteiger partial charge in [-0.05, 0) is 66.5 Å². The molecule has 0 aromatic heterocycles. The first-order valence-corrected chi connectivity index (χ1v) is 12.2. The van der Waals surface area contributed by atoms with E-state index in [1.54, 1.807) is 14.0 Å². The second-order valence-electron chi connectivity index (χ2n) is 10.5. The molecule has 34 heavy (non-hydrogen) atoms. The normalized spacial score (nSPS) is 31.9. The van der Waals surface area contributed by atoms with E-state index in [4.69, 9.17) is 4.74 Å². The molecular formula is C26H38F2N2O4. The molecule has 2 saturated carbocycles. The third kappa shape index (κ3) is 5.95. The Morgan fingerprint density at radius 2 is 1.85 bits per heavy atom. The fourth-order valence-corrected chi connectivity index (χ4v) is 6.23. The van der Waals surface area contributed by atoms with Crippen LogP contribution >= 0.6 is 0 Å². The number of ether oxygens (including phenoxy) is 1. The summed E-state index contributed by atoms with van der Waals surface area (Å²) in [5.74, 6) is -2.33. The molecule has 2 aliphatic carbocycles. The molecule has 0 unspecified atom stereocenters. The molecule has 2 fully saturated rings. The zero-order chi connectivity index (χ0) is 25.0. The number of methoxy groups -OCH3 is 1. The summed E-state index contributed by atoms with van der Waals surface area (Å²) < 4.78 is 31.9. The Morgan fingerprint density at radius 3 is 2.50 bits per heavy atom. The highest BCUT2D eigenvalue weighted by Crippen LogP contribution is 2.55. The van der Waals surface area contributed by atoms with Crippen molar-refractivity contribution in [2.75, 3.05) is 13.7 Å². The van der Waals surface area contributed by atoms with Gasteiger partial charge in [0.15, 0.2) is 0 Å². The van der Waals surface area contributed by atoms with Gasteiger partial charge in [0.25, 0.3) is 0 Å². The van der Waals surface area contributed by atoms with E-state index < -0.39 is 23.7 Å². The largest absolute Gasteiger partial charge is 0.392 e. The van der Waals surface area contributed by atoms with Crippen molar-refractivity contribution in [3.05, 3.63) is 35.4 Å². The Balaban J connectivity index is 1.65. The highest BCUT2D eigenvalue weighted by atomic mass is 19.1. The maximum absolute atomic E-state index is 13.4. The number of carbonyl (C=O) groups is 2. The highest BCUT2D eigenvalue weighted by molar-refractivity contribution is 5.78. The Labute approximate surface area is 200 Å². The second-order valence-corrected chi connectivity index (χ2v) is 10.5. The first-order chi connectivity index (χ1) is 16.1. The summed E-state index contributed by atoms with van der Waals surface area (Å²) in [5.41, 5.74) is 0.307. The van der Waals surface area contributed by atoms with Gasteiger partial charge in [0.1, 0.15) is 11.6 Å². The van der Waals surface area contributed by atoms with Crippen LogP contribution in [-0.4, -0.2) is 42.8 Å². The second kappa shape index (κ2) is 11.1. The number of hydrogen-bond donors (Lipinski definition) is 3. The third-order valence-electron chi connectivity index (χ3n) is 8.21. The van der Waals surface area contributed by atoms with Gasteiger partial charge in [-0.2, -0.15) is 0 Å². The van der Waals surface area contributed by atoms with Crippen LogP contribution in [-0.2, 0) is 20.9 Å². The van der Waals surface area contributed by atoms with E-state index in [9.17, 15) is 23.5 Å². The maximum Gasteiger partial charge on any atom is 0.223 e. The van der Waals surface area contributed by atoms with Gasteiger partial charge in [0, 0.05) is 38.1 Å². The van der Waals surface area contributed by atoms with Crippen molar-refractivity contribution in [3.8, 4) is 0 Å². The Bertz CT molecular complexity index is 862. The Morgan fingerprint density at radius 1 is 1.21 bits per heavy atom. The lowest BCUT2D eigenvalue weighted by Crippen LogP contribution is -2.58. The Kier molecular flexibility index (Phi) is 8.68. The number of hydrogen-bond acceptors (Lipinski definition) is 4. The summed E-state index contributed by atoms with van der Waals surface area (Å²) in [4.78, 5) is 25.2. The van der Waals surface area contributed by atoms with Crippen LogP contribution in [0.25, 0.3) is 0 Å². The molecule has 0 heterocycles. The molecule has 3 N–H and O–H groups in total. The summed E-state index contributed by atoms with van der Waals surface area (Å²) >= 11 is 0. The highest BCUT2D eigenvalue weighted by Gasteiger charge is 2.53. The number of benzene rings is 1. The van der Waals surface area contributed by atoms with Gasteiger partial charge in [-0.3, -0.25) is 9.59 Å². The average molecular weight is 481 g/mol. The predicted octanol–water partition coefficient (Wildman–Crippen LogP) is 3.56. The lowest BCUT2D eigenvalue weighted by molar-refractivity contribution is -0.144. The number of fused-ring (bicyclic) bond motifs is 1. The number of amides is 2. The minimum atomic E-state index is -0.686. The van der Waals surface area contributed by atoms with Gasteiger partial charge in [-0.15, -0.1) is 0 Å².